The molecule has 1 heterocycles. The summed E-state index contributed by atoms with van der Waals surface area (Å²) in [6, 6.07) is 18.4. The molecule has 0 unspecified atom stereocenters. The number of hydrogen-bond donors (Lipinski definition) is 1. The van der Waals surface area contributed by atoms with Crippen LogP contribution >= 0.6 is 0 Å². The first-order valence-electron chi connectivity index (χ1n) is 11.7. The molecule has 0 aliphatic rings. The maximum Gasteiger partial charge on any atom is 0.262 e. The minimum atomic E-state index is -0.280. The zero-order valence-corrected chi connectivity index (χ0v) is 20.2. The maximum absolute atomic E-state index is 12.9. The quantitative estimate of drug-likeness (QED) is 0.299. The molecule has 6 nitrogen and oxygen atoms in total. The third kappa shape index (κ3) is 6.29. The van der Waals surface area contributed by atoms with E-state index in [1.165, 1.54) is 11.8 Å². The molecule has 0 spiro atoms. The average molecular weight is 472 g/mol. The molecule has 4 rings (SSSR count). The van der Waals surface area contributed by atoms with E-state index in [0.29, 0.717) is 22.5 Å². The molecule has 0 atom stereocenters. The number of benzene rings is 3. The van der Waals surface area contributed by atoms with Gasteiger partial charge in [0.2, 0.25) is 11.2 Å². The molecule has 3 aromatic carbocycles. The smallest absolute Gasteiger partial charge is 0.262 e. The van der Waals surface area contributed by atoms with Crippen molar-refractivity contribution in [1.29, 1.82) is 0 Å². The van der Waals surface area contributed by atoms with Gasteiger partial charge in [0.05, 0.1) is 5.39 Å². The molecule has 6 heteroatoms. The Balaban J connectivity index is 1.39. The van der Waals surface area contributed by atoms with E-state index in [0.717, 1.165) is 36.1 Å². The highest BCUT2D eigenvalue weighted by atomic mass is 16.5. The molecular weight excluding hydrogens is 442 g/mol. The largest absolute Gasteiger partial charge is 0.484 e. The molecule has 0 saturated carbocycles. The molecule has 180 valence electrons. The van der Waals surface area contributed by atoms with Crippen molar-refractivity contribution in [3.05, 3.63) is 93.8 Å². The van der Waals surface area contributed by atoms with Gasteiger partial charge in [0.25, 0.3) is 5.91 Å². The predicted molar refractivity (Wildman–Crippen MR) is 138 cm³/mol. The number of rotatable bonds is 9. The number of anilines is 1. The average Bonchev–Trinajstić information content (AvgIpc) is 2.83. The van der Waals surface area contributed by atoms with Crippen molar-refractivity contribution in [3.63, 3.8) is 0 Å². The van der Waals surface area contributed by atoms with Gasteiger partial charge in [-0.25, -0.2) is 0 Å². The van der Waals surface area contributed by atoms with Crippen LogP contribution in [0.1, 0.15) is 36.5 Å². The normalized spacial score (nSPS) is 10.8. The fourth-order valence-electron chi connectivity index (χ4n) is 3.85. The third-order valence-corrected chi connectivity index (χ3v) is 5.56. The van der Waals surface area contributed by atoms with Gasteiger partial charge in [-0.1, -0.05) is 31.5 Å². The number of nitrogens with one attached hydrogen (secondary N) is 1. The zero-order chi connectivity index (χ0) is 24.8. The van der Waals surface area contributed by atoms with Crippen molar-refractivity contribution in [2.45, 2.75) is 40.0 Å². The lowest BCUT2D eigenvalue weighted by Crippen LogP contribution is -2.20. The summed E-state index contributed by atoms with van der Waals surface area (Å²) in [4.78, 5) is 25.2. The summed E-state index contributed by atoms with van der Waals surface area (Å²) in [7, 11) is 0. The molecule has 0 aliphatic carbocycles. The van der Waals surface area contributed by atoms with E-state index >= 15 is 0 Å². The van der Waals surface area contributed by atoms with Gasteiger partial charge in [-0.05, 0) is 79.8 Å². The Bertz CT molecular complexity index is 1370. The van der Waals surface area contributed by atoms with Crippen LogP contribution in [0.15, 0.2) is 76.1 Å². The molecule has 35 heavy (non-hydrogen) atoms. The molecule has 0 bridgehead atoms. The molecule has 0 aliphatic heterocycles. The number of carbonyl (C=O) groups excluding carboxylic acids is 1. The van der Waals surface area contributed by atoms with Crippen LogP contribution in [0.2, 0.25) is 0 Å². The Morgan fingerprint density at radius 1 is 0.943 bits per heavy atom. The molecular formula is C29H29NO5. The molecule has 1 N–H and O–H groups in total. The molecule has 1 amide bonds. The molecule has 0 saturated heterocycles. The van der Waals surface area contributed by atoms with Gasteiger partial charge in [-0.3, -0.25) is 9.59 Å². The highest BCUT2D eigenvalue weighted by molar-refractivity contribution is 5.92. The van der Waals surface area contributed by atoms with Gasteiger partial charge in [-0.2, -0.15) is 0 Å². The number of ether oxygens (including phenoxy) is 2. The Labute approximate surface area is 204 Å². The first-order valence-corrected chi connectivity index (χ1v) is 11.7. The van der Waals surface area contributed by atoms with Crippen LogP contribution in [0.3, 0.4) is 0 Å². The van der Waals surface area contributed by atoms with Crippen molar-refractivity contribution in [1.82, 2.24) is 0 Å². The van der Waals surface area contributed by atoms with Crippen molar-refractivity contribution in [3.8, 4) is 17.2 Å². The lowest BCUT2D eigenvalue weighted by molar-refractivity contribution is -0.118. The lowest BCUT2D eigenvalue weighted by Gasteiger charge is -2.10. The number of amides is 1. The SMILES string of the molecule is CCCCc1ccc(NC(=O)COc2ccc3c(=O)c(Oc4cc(C)cc(C)c4)coc3c2)cc1. The summed E-state index contributed by atoms with van der Waals surface area (Å²) in [5.41, 5.74) is 4.13. The van der Waals surface area contributed by atoms with Crippen molar-refractivity contribution in [2.24, 2.45) is 0 Å². The van der Waals surface area contributed by atoms with Crippen molar-refractivity contribution < 1.29 is 18.7 Å². The maximum atomic E-state index is 12.9. The van der Waals surface area contributed by atoms with E-state index in [9.17, 15) is 9.59 Å². The van der Waals surface area contributed by atoms with Gasteiger partial charge in [0.1, 0.15) is 23.3 Å². The minimum Gasteiger partial charge on any atom is -0.484 e. The Morgan fingerprint density at radius 3 is 2.40 bits per heavy atom. The van der Waals surface area contributed by atoms with Gasteiger partial charge >= 0.3 is 0 Å². The van der Waals surface area contributed by atoms with E-state index < -0.39 is 0 Å². The number of fused-ring (bicyclic) bond motifs is 1. The number of hydrogen-bond acceptors (Lipinski definition) is 5. The molecule has 1 aromatic heterocycles. The van der Waals surface area contributed by atoms with Crippen molar-refractivity contribution in [2.75, 3.05) is 11.9 Å². The number of unbranched alkanes of at least 4 members (excludes halogenated alkanes) is 1. The minimum absolute atomic E-state index is 0.108. The van der Waals surface area contributed by atoms with Crippen LogP contribution in [0.5, 0.6) is 17.2 Å². The number of carbonyl (C=O) groups is 1. The van der Waals surface area contributed by atoms with Gasteiger partial charge in [0.15, 0.2) is 6.61 Å². The summed E-state index contributed by atoms with van der Waals surface area (Å²) in [6.45, 7) is 5.93. The van der Waals surface area contributed by atoms with E-state index in [-0.39, 0.29) is 23.7 Å². The van der Waals surface area contributed by atoms with Crippen LogP contribution in [-0.4, -0.2) is 12.5 Å². The highest BCUT2D eigenvalue weighted by Gasteiger charge is 2.12. The van der Waals surface area contributed by atoms with Crippen LogP contribution in [-0.2, 0) is 11.2 Å². The van der Waals surface area contributed by atoms with Crippen LogP contribution < -0.4 is 20.2 Å². The van der Waals surface area contributed by atoms with Gasteiger partial charge < -0.3 is 19.2 Å². The highest BCUT2D eigenvalue weighted by Crippen LogP contribution is 2.25. The Kier molecular flexibility index (Phi) is 7.51. The molecule has 4 aromatic rings. The van der Waals surface area contributed by atoms with E-state index in [2.05, 4.69) is 12.2 Å². The van der Waals surface area contributed by atoms with E-state index in [1.807, 2.05) is 56.3 Å². The Morgan fingerprint density at radius 2 is 1.69 bits per heavy atom. The first kappa shape index (κ1) is 24.1. The second kappa shape index (κ2) is 10.9. The monoisotopic (exact) mass is 471 g/mol. The van der Waals surface area contributed by atoms with Crippen molar-refractivity contribution >= 4 is 22.6 Å². The summed E-state index contributed by atoms with van der Waals surface area (Å²) in [6.07, 6.45) is 4.62. The Hall–Kier alpha value is -4.06. The topological polar surface area (TPSA) is 77.8 Å². The zero-order valence-electron chi connectivity index (χ0n) is 20.2. The summed E-state index contributed by atoms with van der Waals surface area (Å²) < 4.78 is 17.0. The predicted octanol–water partition coefficient (Wildman–Crippen LogP) is 6.56. The van der Waals surface area contributed by atoms with Gasteiger partial charge in [-0.15, -0.1) is 0 Å². The molecule has 0 fully saturated rings. The fourth-order valence-corrected chi connectivity index (χ4v) is 3.85. The van der Waals surface area contributed by atoms with Crippen LogP contribution in [0.25, 0.3) is 11.0 Å². The third-order valence-electron chi connectivity index (χ3n) is 5.56. The standard InChI is InChI=1S/C29H29NO5/c1-4-5-6-21-7-9-22(10-8-21)30-28(31)18-33-23-11-12-25-26(16-23)34-17-27(29(25)32)35-24-14-19(2)13-20(3)15-24/h7-17H,4-6,18H2,1-3H3,(H,30,31). The van der Waals surface area contributed by atoms with Crippen LogP contribution in [0, 0.1) is 13.8 Å². The summed E-state index contributed by atoms with van der Waals surface area (Å²) in [5.74, 6) is 0.839. The summed E-state index contributed by atoms with van der Waals surface area (Å²) >= 11 is 0. The van der Waals surface area contributed by atoms with E-state index in [1.54, 1.807) is 18.2 Å². The fraction of sp³-hybridized carbons (Fsp3) is 0.241. The van der Waals surface area contributed by atoms with Crippen LogP contribution in [0.4, 0.5) is 5.69 Å². The van der Waals surface area contributed by atoms with Gasteiger partial charge in [0, 0.05) is 11.8 Å². The first-order chi connectivity index (χ1) is 16.9. The molecule has 0 radical (unpaired) electrons. The second-order valence-electron chi connectivity index (χ2n) is 8.65. The summed E-state index contributed by atoms with van der Waals surface area (Å²) in [5, 5.41) is 3.19. The second-order valence-corrected chi connectivity index (χ2v) is 8.65. The lowest BCUT2D eigenvalue weighted by atomic mass is 10.1. The number of aryl methyl sites for hydroxylation is 3. The van der Waals surface area contributed by atoms with E-state index in [4.69, 9.17) is 13.9 Å².